The monoisotopic (exact) mass is 314 g/mol. The minimum atomic E-state index is -0.691. The van der Waals surface area contributed by atoms with Crippen LogP contribution < -0.4 is 10.1 Å². The fourth-order valence-electron chi connectivity index (χ4n) is 1.90. The average molecular weight is 315 g/mol. The molecule has 1 amide bonds. The number of aryl methyl sites for hydroxylation is 1. The van der Waals surface area contributed by atoms with E-state index in [4.69, 9.17) is 21.6 Å². The van der Waals surface area contributed by atoms with Crippen LogP contribution >= 0.6 is 11.6 Å². The van der Waals surface area contributed by atoms with Gasteiger partial charge in [-0.3, -0.25) is 4.79 Å². The molecule has 0 saturated heterocycles. The second kappa shape index (κ2) is 6.97. The SMILES string of the molecule is Cc1cc(Cl)ccc1NC(=O)C(C)Oc1cccc(C#N)c1. The molecule has 0 radical (unpaired) electrons. The number of nitrogens with zero attached hydrogens (tertiary/aromatic N) is 1. The zero-order chi connectivity index (χ0) is 16.1. The Bertz CT molecular complexity index is 738. The number of anilines is 1. The van der Waals surface area contributed by atoms with E-state index in [2.05, 4.69) is 5.32 Å². The number of halogens is 1. The van der Waals surface area contributed by atoms with E-state index in [1.165, 1.54) is 0 Å². The molecule has 0 heterocycles. The van der Waals surface area contributed by atoms with Crippen molar-refractivity contribution in [2.24, 2.45) is 0 Å². The quantitative estimate of drug-likeness (QED) is 0.930. The van der Waals surface area contributed by atoms with Crippen molar-refractivity contribution < 1.29 is 9.53 Å². The maximum absolute atomic E-state index is 12.2. The second-order valence-electron chi connectivity index (χ2n) is 4.85. The Hall–Kier alpha value is -2.51. The van der Waals surface area contributed by atoms with Gasteiger partial charge in [0.15, 0.2) is 6.10 Å². The molecule has 1 atom stereocenters. The summed E-state index contributed by atoms with van der Waals surface area (Å²) in [6.07, 6.45) is -0.691. The van der Waals surface area contributed by atoms with Gasteiger partial charge in [0.1, 0.15) is 5.75 Å². The van der Waals surface area contributed by atoms with Gasteiger partial charge >= 0.3 is 0 Å². The van der Waals surface area contributed by atoms with Crippen molar-refractivity contribution in [3.63, 3.8) is 0 Å². The van der Waals surface area contributed by atoms with Gasteiger partial charge in [-0.25, -0.2) is 0 Å². The van der Waals surface area contributed by atoms with Gasteiger partial charge in [0.2, 0.25) is 0 Å². The summed E-state index contributed by atoms with van der Waals surface area (Å²) >= 11 is 5.89. The maximum Gasteiger partial charge on any atom is 0.265 e. The highest BCUT2D eigenvalue weighted by Crippen LogP contribution is 2.20. The van der Waals surface area contributed by atoms with Crippen molar-refractivity contribution in [3.8, 4) is 11.8 Å². The van der Waals surface area contributed by atoms with E-state index in [1.54, 1.807) is 49.4 Å². The van der Waals surface area contributed by atoms with Crippen molar-refractivity contribution >= 4 is 23.2 Å². The zero-order valence-corrected chi connectivity index (χ0v) is 13.0. The van der Waals surface area contributed by atoms with Gasteiger partial charge in [-0.15, -0.1) is 0 Å². The summed E-state index contributed by atoms with van der Waals surface area (Å²) in [6.45, 7) is 3.52. The lowest BCUT2D eigenvalue weighted by Gasteiger charge is -2.16. The molecule has 2 aromatic rings. The van der Waals surface area contributed by atoms with Crippen LogP contribution in [0.3, 0.4) is 0 Å². The minimum Gasteiger partial charge on any atom is -0.481 e. The number of nitriles is 1. The molecular formula is C17H15ClN2O2. The Kier molecular flexibility index (Phi) is 5.03. The summed E-state index contributed by atoms with van der Waals surface area (Å²) in [5.41, 5.74) is 2.05. The molecule has 0 saturated carbocycles. The smallest absolute Gasteiger partial charge is 0.265 e. The first kappa shape index (κ1) is 15.9. The Morgan fingerprint density at radius 3 is 2.77 bits per heavy atom. The molecule has 22 heavy (non-hydrogen) atoms. The lowest BCUT2D eigenvalue weighted by Crippen LogP contribution is -2.30. The zero-order valence-electron chi connectivity index (χ0n) is 12.3. The van der Waals surface area contributed by atoms with Crippen LogP contribution in [0, 0.1) is 18.3 Å². The molecule has 1 unspecified atom stereocenters. The Morgan fingerprint density at radius 1 is 1.32 bits per heavy atom. The summed E-state index contributed by atoms with van der Waals surface area (Å²) in [5, 5.41) is 12.3. The molecule has 0 bridgehead atoms. The third kappa shape index (κ3) is 4.00. The van der Waals surface area contributed by atoms with E-state index in [-0.39, 0.29) is 5.91 Å². The first-order chi connectivity index (χ1) is 10.5. The third-order valence-electron chi connectivity index (χ3n) is 3.09. The highest BCUT2D eigenvalue weighted by atomic mass is 35.5. The van der Waals surface area contributed by atoms with E-state index in [9.17, 15) is 4.79 Å². The van der Waals surface area contributed by atoms with Crippen LogP contribution in [0.1, 0.15) is 18.1 Å². The van der Waals surface area contributed by atoms with Crippen LogP contribution in [0.2, 0.25) is 5.02 Å². The number of hydrogen-bond donors (Lipinski definition) is 1. The molecule has 0 spiro atoms. The number of carbonyl (C=O) groups excluding carboxylic acids is 1. The first-order valence-electron chi connectivity index (χ1n) is 6.73. The van der Waals surface area contributed by atoms with Crippen LogP contribution in [0.15, 0.2) is 42.5 Å². The van der Waals surface area contributed by atoms with Crippen molar-refractivity contribution in [2.45, 2.75) is 20.0 Å². The van der Waals surface area contributed by atoms with E-state index in [0.717, 1.165) is 5.56 Å². The molecule has 2 aromatic carbocycles. The molecule has 1 N–H and O–H groups in total. The van der Waals surface area contributed by atoms with Gasteiger partial charge in [0.25, 0.3) is 5.91 Å². The third-order valence-corrected chi connectivity index (χ3v) is 3.33. The fourth-order valence-corrected chi connectivity index (χ4v) is 2.12. The number of carbonyl (C=O) groups is 1. The topological polar surface area (TPSA) is 62.1 Å². The van der Waals surface area contributed by atoms with Crippen LogP contribution in [-0.4, -0.2) is 12.0 Å². The van der Waals surface area contributed by atoms with E-state index < -0.39 is 6.10 Å². The standard InChI is InChI=1S/C17H15ClN2O2/c1-11-8-14(18)6-7-16(11)20-17(21)12(2)22-15-5-3-4-13(9-15)10-19/h3-9,12H,1-2H3,(H,20,21). The van der Waals surface area contributed by atoms with Crippen molar-refractivity contribution in [1.82, 2.24) is 0 Å². The predicted octanol–water partition coefficient (Wildman–Crippen LogP) is 3.93. The van der Waals surface area contributed by atoms with Crippen molar-refractivity contribution in [1.29, 1.82) is 5.26 Å². The predicted molar refractivity (Wildman–Crippen MR) is 86.1 cm³/mol. The van der Waals surface area contributed by atoms with Crippen LogP contribution in [-0.2, 0) is 4.79 Å². The number of nitrogens with one attached hydrogen (secondary N) is 1. The van der Waals surface area contributed by atoms with Crippen LogP contribution in [0.5, 0.6) is 5.75 Å². The van der Waals surface area contributed by atoms with Crippen molar-refractivity contribution in [3.05, 3.63) is 58.6 Å². The largest absolute Gasteiger partial charge is 0.481 e. The van der Waals surface area contributed by atoms with Gasteiger partial charge in [-0.2, -0.15) is 5.26 Å². The summed E-state index contributed by atoms with van der Waals surface area (Å²) in [6, 6.07) is 14.0. The second-order valence-corrected chi connectivity index (χ2v) is 5.28. The number of hydrogen-bond acceptors (Lipinski definition) is 3. The summed E-state index contributed by atoms with van der Waals surface area (Å²) in [4.78, 5) is 12.2. The Labute approximate surface area is 134 Å². The molecule has 4 nitrogen and oxygen atoms in total. The van der Waals surface area contributed by atoms with Crippen LogP contribution in [0.25, 0.3) is 0 Å². The normalized spacial score (nSPS) is 11.4. The fraction of sp³-hybridized carbons (Fsp3) is 0.176. The van der Waals surface area contributed by atoms with Crippen LogP contribution in [0.4, 0.5) is 5.69 Å². The highest BCUT2D eigenvalue weighted by Gasteiger charge is 2.16. The Balaban J connectivity index is 2.04. The number of amides is 1. The van der Waals surface area contributed by atoms with Crippen molar-refractivity contribution in [2.75, 3.05) is 5.32 Å². The minimum absolute atomic E-state index is 0.271. The molecule has 0 aromatic heterocycles. The highest BCUT2D eigenvalue weighted by molar-refractivity contribution is 6.30. The number of rotatable bonds is 4. The number of ether oxygens (including phenoxy) is 1. The maximum atomic E-state index is 12.2. The van der Waals surface area contributed by atoms with Gasteiger partial charge < -0.3 is 10.1 Å². The molecule has 2 rings (SSSR count). The van der Waals surface area contributed by atoms with Gasteiger partial charge in [0.05, 0.1) is 11.6 Å². The first-order valence-corrected chi connectivity index (χ1v) is 7.11. The van der Waals surface area contributed by atoms with E-state index in [0.29, 0.717) is 22.0 Å². The van der Waals surface area contributed by atoms with Gasteiger partial charge in [0, 0.05) is 10.7 Å². The summed E-state index contributed by atoms with van der Waals surface area (Å²) in [5.74, 6) is 0.210. The molecule has 0 aliphatic carbocycles. The number of benzene rings is 2. The van der Waals surface area contributed by atoms with E-state index >= 15 is 0 Å². The molecule has 0 fully saturated rings. The lowest BCUT2D eigenvalue weighted by atomic mass is 10.2. The van der Waals surface area contributed by atoms with E-state index in [1.807, 2.05) is 13.0 Å². The summed E-state index contributed by atoms with van der Waals surface area (Å²) in [7, 11) is 0. The molecule has 0 aliphatic heterocycles. The van der Waals surface area contributed by atoms with Gasteiger partial charge in [-0.1, -0.05) is 17.7 Å². The average Bonchev–Trinajstić information content (AvgIpc) is 2.50. The molecule has 0 aliphatic rings. The molecule has 5 heteroatoms. The van der Waals surface area contributed by atoms with Gasteiger partial charge in [-0.05, 0) is 55.8 Å². The summed E-state index contributed by atoms with van der Waals surface area (Å²) < 4.78 is 5.57. The molecule has 112 valence electrons. The lowest BCUT2D eigenvalue weighted by molar-refractivity contribution is -0.122. The molecular weight excluding hydrogens is 300 g/mol. The Morgan fingerprint density at radius 2 is 2.09 bits per heavy atom.